The molecule has 1 heterocycles. The van der Waals surface area contributed by atoms with E-state index in [4.69, 9.17) is 5.11 Å². The molecule has 1 amide bonds. The Balaban J connectivity index is 2.65. The first-order chi connectivity index (χ1) is 8.41. The van der Waals surface area contributed by atoms with Gasteiger partial charge in [-0.05, 0) is 12.5 Å². The van der Waals surface area contributed by atoms with E-state index in [2.05, 4.69) is 5.10 Å². The fourth-order valence-corrected chi connectivity index (χ4v) is 1.38. The monoisotopic (exact) mass is 253 g/mol. The summed E-state index contributed by atoms with van der Waals surface area (Å²) in [6.45, 7) is 0.329. The van der Waals surface area contributed by atoms with E-state index in [1.807, 2.05) is 0 Å². The summed E-state index contributed by atoms with van der Waals surface area (Å²) in [5.41, 5.74) is -0.130. The third-order valence-corrected chi connectivity index (χ3v) is 2.41. The number of nitrogens with zero attached hydrogens (tertiary/aromatic N) is 3. The van der Waals surface area contributed by atoms with Crippen molar-refractivity contribution in [2.24, 2.45) is 7.05 Å². The lowest BCUT2D eigenvalue weighted by Crippen LogP contribution is -2.31. The normalized spacial score (nSPS) is 10.1. The molecule has 98 valence electrons. The van der Waals surface area contributed by atoms with Crippen LogP contribution in [0.25, 0.3) is 0 Å². The van der Waals surface area contributed by atoms with Gasteiger partial charge in [0, 0.05) is 33.1 Å². The van der Waals surface area contributed by atoms with Crippen LogP contribution in [0.2, 0.25) is 0 Å². The molecular formula is C11H15N3O4. The predicted octanol–water partition coefficient (Wildman–Crippen LogP) is -0.283. The molecule has 1 N–H and O–H groups in total. The molecule has 0 saturated heterocycles. The maximum Gasteiger partial charge on any atom is 0.303 e. The van der Waals surface area contributed by atoms with Gasteiger partial charge in [0.25, 0.3) is 11.5 Å². The lowest BCUT2D eigenvalue weighted by atomic mass is 10.3. The lowest BCUT2D eigenvalue weighted by molar-refractivity contribution is -0.137. The van der Waals surface area contributed by atoms with Crippen molar-refractivity contribution in [3.05, 3.63) is 28.2 Å². The molecule has 1 aromatic heterocycles. The fraction of sp³-hybridized carbons (Fsp3) is 0.455. The lowest BCUT2D eigenvalue weighted by Gasteiger charge is -2.16. The minimum atomic E-state index is -0.893. The summed E-state index contributed by atoms with van der Waals surface area (Å²) < 4.78 is 1.08. The second kappa shape index (κ2) is 5.95. The quantitative estimate of drug-likeness (QED) is 0.778. The van der Waals surface area contributed by atoms with E-state index in [0.29, 0.717) is 13.0 Å². The molecule has 0 fully saturated rings. The Hall–Kier alpha value is -2.18. The summed E-state index contributed by atoms with van der Waals surface area (Å²) in [5.74, 6) is -1.23. The first-order valence-electron chi connectivity index (χ1n) is 5.43. The van der Waals surface area contributed by atoms with E-state index >= 15 is 0 Å². The molecule has 0 aliphatic rings. The van der Waals surface area contributed by atoms with E-state index in [1.54, 1.807) is 7.05 Å². The Kier molecular flexibility index (Phi) is 4.59. The number of aromatic nitrogens is 2. The smallest absolute Gasteiger partial charge is 0.303 e. The SMILES string of the molecule is CN(CCCC(=O)O)C(=O)c1ccc(=O)n(C)n1. The van der Waals surface area contributed by atoms with Gasteiger partial charge < -0.3 is 10.0 Å². The topological polar surface area (TPSA) is 92.5 Å². The average Bonchev–Trinajstić information content (AvgIpc) is 2.31. The van der Waals surface area contributed by atoms with E-state index in [-0.39, 0.29) is 23.6 Å². The Morgan fingerprint density at radius 1 is 1.44 bits per heavy atom. The highest BCUT2D eigenvalue weighted by molar-refractivity contribution is 5.91. The van der Waals surface area contributed by atoms with Gasteiger partial charge in [-0.2, -0.15) is 5.10 Å². The van der Waals surface area contributed by atoms with Gasteiger partial charge in [0.15, 0.2) is 0 Å². The number of carboxylic acids is 1. The standard InChI is InChI=1S/C11H15N3O4/c1-13(7-3-4-10(16)17)11(18)8-5-6-9(15)14(2)12-8/h5-6H,3-4,7H2,1-2H3,(H,16,17). The fourth-order valence-electron chi connectivity index (χ4n) is 1.38. The minimum absolute atomic E-state index is 0.0122. The summed E-state index contributed by atoms with van der Waals surface area (Å²) in [6.07, 6.45) is 0.391. The van der Waals surface area contributed by atoms with Crippen LogP contribution in [0.3, 0.4) is 0 Å². The van der Waals surface area contributed by atoms with Crippen molar-refractivity contribution in [1.29, 1.82) is 0 Å². The molecule has 7 heteroatoms. The summed E-state index contributed by atoms with van der Waals surface area (Å²) in [6, 6.07) is 2.63. The van der Waals surface area contributed by atoms with Crippen molar-refractivity contribution in [3.63, 3.8) is 0 Å². The second-order valence-corrected chi connectivity index (χ2v) is 3.90. The molecule has 7 nitrogen and oxygen atoms in total. The number of rotatable bonds is 5. The van der Waals surface area contributed by atoms with Crippen molar-refractivity contribution in [2.45, 2.75) is 12.8 Å². The number of hydrogen-bond acceptors (Lipinski definition) is 4. The van der Waals surface area contributed by atoms with E-state index in [0.717, 1.165) is 4.68 Å². The Bertz CT molecular complexity index is 509. The number of hydrogen-bond donors (Lipinski definition) is 1. The molecule has 0 unspecified atom stereocenters. The number of aliphatic carboxylic acids is 1. The van der Waals surface area contributed by atoms with Crippen LogP contribution < -0.4 is 5.56 Å². The number of amides is 1. The number of carbonyl (C=O) groups excluding carboxylic acids is 1. The summed E-state index contributed by atoms with van der Waals surface area (Å²) in [4.78, 5) is 34.7. The van der Waals surface area contributed by atoms with Crippen LogP contribution in [0.15, 0.2) is 16.9 Å². The van der Waals surface area contributed by atoms with Crippen molar-refractivity contribution in [1.82, 2.24) is 14.7 Å². The molecule has 0 bridgehead atoms. The molecule has 1 rings (SSSR count). The first kappa shape index (κ1) is 13.9. The first-order valence-corrected chi connectivity index (χ1v) is 5.43. The molecule has 0 spiro atoms. The zero-order valence-corrected chi connectivity index (χ0v) is 10.3. The summed E-state index contributed by atoms with van der Waals surface area (Å²) in [7, 11) is 3.03. The highest BCUT2D eigenvalue weighted by atomic mass is 16.4. The number of aryl methyl sites for hydroxylation is 1. The van der Waals surface area contributed by atoms with E-state index in [1.165, 1.54) is 24.1 Å². The molecule has 0 atom stereocenters. The molecular weight excluding hydrogens is 238 g/mol. The highest BCUT2D eigenvalue weighted by Crippen LogP contribution is 2.00. The molecule has 0 aromatic carbocycles. The van der Waals surface area contributed by atoms with Gasteiger partial charge in [0.1, 0.15) is 5.69 Å². The molecule has 18 heavy (non-hydrogen) atoms. The van der Waals surface area contributed by atoms with Crippen LogP contribution >= 0.6 is 0 Å². The summed E-state index contributed by atoms with van der Waals surface area (Å²) in [5, 5.41) is 12.3. The van der Waals surface area contributed by atoms with Gasteiger partial charge in [-0.3, -0.25) is 14.4 Å². The van der Waals surface area contributed by atoms with Gasteiger partial charge >= 0.3 is 5.97 Å². The van der Waals surface area contributed by atoms with Gasteiger partial charge in [-0.25, -0.2) is 4.68 Å². The molecule has 0 aliphatic heterocycles. The maximum absolute atomic E-state index is 11.9. The van der Waals surface area contributed by atoms with E-state index < -0.39 is 5.97 Å². The largest absolute Gasteiger partial charge is 0.481 e. The highest BCUT2D eigenvalue weighted by Gasteiger charge is 2.14. The van der Waals surface area contributed by atoms with Crippen molar-refractivity contribution in [2.75, 3.05) is 13.6 Å². The zero-order chi connectivity index (χ0) is 13.7. The van der Waals surface area contributed by atoms with Gasteiger partial charge in [-0.1, -0.05) is 0 Å². The molecule has 0 saturated carbocycles. The van der Waals surface area contributed by atoms with Crippen LogP contribution in [0, 0.1) is 0 Å². The Morgan fingerprint density at radius 3 is 2.67 bits per heavy atom. The van der Waals surface area contributed by atoms with Gasteiger partial charge in [0.05, 0.1) is 0 Å². The molecule has 1 aromatic rings. The maximum atomic E-state index is 11.9. The van der Waals surface area contributed by atoms with Crippen LogP contribution in [0.4, 0.5) is 0 Å². The van der Waals surface area contributed by atoms with Crippen LogP contribution in [0.5, 0.6) is 0 Å². The van der Waals surface area contributed by atoms with Crippen molar-refractivity contribution in [3.8, 4) is 0 Å². The van der Waals surface area contributed by atoms with Crippen molar-refractivity contribution >= 4 is 11.9 Å². The van der Waals surface area contributed by atoms with Crippen LogP contribution in [0.1, 0.15) is 23.3 Å². The predicted molar refractivity (Wildman–Crippen MR) is 63.3 cm³/mol. The molecule has 0 radical (unpaired) electrons. The summed E-state index contributed by atoms with van der Waals surface area (Å²) >= 11 is 0. The molecule has 0 aliphatic carbocycles. The minimum Gasteiger partial charge on any atom is -0.481 e. The van der Waals surface area contributed by atoms with Gasteiger partial charge in [0.2, 0.25) is 0 Å². The van der Waals surface area contributed by atoms with Gasteiger partial charge in [-0.15, -0.1) is 0 Å². The van der Waals surface area contributed by atoms with Crippen molar-refractivity contribution < 1.29 is 14.7 Å². The second-order valence-electron chi connectivity index (χ2n) is 3.90. The average molecular weight is 253 g/mol. The third kappa shape index (κ3) is 3.69. The van der Waals surface area contributed by atoms with E-state index in [9.17, 15) is 14.4 Å². The zero-order valence-electron chi connectivity index (χ0n) is 10.3. The Morgan fingerprint density at radius 2 is 2.11 bits per heavy atom. The van der Waals surface area contributed by atoms with Crippen LogP contribution in [-0.2, 0) is 11.8 Å². The number of carboxylic acid groups (broad SMARTS) is 1. The Labute approximate surface area is 104 Å². The van der Waals surface area contributed by atoms with Crippen LogP contribution in [-0.4, -0.2) is 45.3 Å². The number of carbonyl (C=O) groups is 2. The third-order valence-electron chi connectivity index (χ3n) is 2.41.